The van der Waals surface area contributed by atoms with Crippen LogP contribution < -0.4 is 5.32 Å². The van der Waals surface area contributed by atoms with Gasteiger partial charge in [-0.2, -0.15) is 0 Å². The molecule has 1 fully saturated rings. The van der Waals surface area contributed by atoms with Gasteiger partial charge in [-0.05, 0) is 40.8 Å². The summed E-state index contributed by atoms with van der Waals surface area (Å²) >= 11 is 8.05. The molecule has 0 radical (unpaired) electrons. The zero-order chi connectivity index (χ0) is 13.7. The van der Waals surface area contributed by atoms with Crippen molar-refractivity contribution in [3.8, 4) is 0 Å². The molecule has 6 heteroatoms. The molecule has 1 aromatic rings. The second-order valence-electron chi connectivity index (χ2n) is 4.33. The topological polar surface area (TPSA) is 41.6 Å². The fourth-order valence-corrected chi connectivity index (χ4v) is 2.67. The monoisotopic (exact) mass is 394 g/mol. The van der Waals surface area contributed by atoms with E-state index in [1.165, 1.54) is 0 Å². The van der Waals surface area contributed by atoms with Crippen LogP contribution in [0.25, 0.3) is 0 Å². The number of nitrogens with one attached hydrogen (secondary N) is 1. The number of benzene rings is 1. The van der Waals surface area contributed by atoms with Crippen LogP contribution in [-0.2, 0) is 4.74 Å². The average molecular weight is 395 g/mol. The molecule has 0 unspecified atom stereocenters. The summed E-state index contributed by atoms with van der Waals surface area (Å²) in [4.78, 5) is 14.3. The molecule has 1 aromatic carbocycles. The van der Waals surface area contributed by atoms with Crippen LogP contribution in [0.3, 0.4) is 0 Å². The minimum absolute atomic E-state index is 0.0693. The fraction of sp³-hybridized carbons (Fsp3) is 0.462. The molecule has 1 aliphatic rings. The van der Waals surface area contributed by atoms with Crippen molar-refractivity contribution in [1.82, 2.24) is 10.2 Å². The number of carbonyl (C=O) groups is 1. The van der Waals surface area contributed by atoms with E-state index in [0.29, 0.717) is 17.1 Å². The Hall–Kier alpha value is -0.370. The van der Waals surface area contributed by atoms with Crippen LogP contribution in [0.15, 0.2) is 18.2 Å². The molecule has 0 saturated carbocycles. The Kier molecular flexibility index (Phi) is 5.87. The number of amides is 1. The Morgan fingerprint density at radius 2 is 2.16 bits per heavy atom. The molecule has 19 heavy (non-hydrogen) atoms. The Morgan fingerprint density at radius 3 is 2.89 bits per heavy atom. The normalized spacial score (nSPS) is 16.3. The lowest BCUT2D eigenvalue weighted by atomic mass is 10.2. The SMILES string of the molecule is O=C(NCCN1CCOCC1)c1cc(Cl)ccc1I. The molecule has 4 nitrogen and oxygen atoms in total. The predicted molar refractivity (Wildman–Crippen MR) is 83.8 cm³/mol. The lowest BCUT2D eigenvalue weighted by Crippen LogP contribution is -2.41. The maximum Gasteiger partial charge on any atom is 0.252 e. The van der Waals surface area contributed by atoms with Gasteiger partial charge in [0.25, 0.3) is 5.91 Å². The summed E-state index contributed by atoms with van der Waals surface area (Å²) in [6.07, 6.45) is 0. The van der Waals surface area contributed by atoms with E-state index >= 15 is 0 Å². The fourth-order valence-electron chi connectivity index (χ4n) is 1.92. The predicted octanol–water partition coefficient (Wildman–Crippen LogP) is 2.01. The van der Waals surface area contributed by atoms with E-state index in [-0.39, 0.29) is 5.91 Å². The second kappa shape index (κ2) is 7.42. The highest BCUT2D eigenvalue weighted by Gasteiger charge is 2.12. The van der Waals surface area contributed by atoms with Crippen molar-refractivity contribution in [2.24, 2.45) is 0 Å². The number of ether oxygens (including phenoxy) is 1. The van der Waals surface area contributed by atoms with Crippen LogP contribution in [0.4, 0.5) is 0 Å². The number of nitrogens with zero attached hydrogens (tertiary/aromatic N) is 1. The van der Waals surface area contributed by atoms with Gasteiger partial charge in [0, 0.05) is 34.8 Å². The van der Waals surface area contributed by atoms with Gasteiger partial charge >= 0.3 is 0 Å². The molecule has 0 spiro atoms. The molecule has 2 rings (SSSR count). The van der Waals surface area contributed by atoms with Crippen molar-refractivity contribution in [3.05, 3.63) is 32.4 Å². The first-order valence-corrected chi connectivity index (χ1v) is 7.66. The Bertz CT molecular complexity index is 450. The number of morpholine rings is 1. The number of rotatable bonds is 4. The Morgan fingerprint density at radius 1 is 1.42 bits per heavy atom. The largest absolute Gasteiger partial charge is 0.379 e. The number of hydrogen-bond donors (Lipinski definition) is 1. The number of carbonyl (C=O) groups excluding carboxylic acids is 1. The molecule has 0 atom stereocenters. The number of hydrogen-bond acceptors (Lipinski definition) is 3. The molecule has 1 heterocycles. The van der Waals surface area contributed by atoms with Gasteiger partial charge in [-0.1, -0.05) is 11.6 Å². The quantitative estimate of drug-likeness (QED) is 0.795. The summed E-state index contributed by atoms with van der Waals surface area (Å²) in [5, 5.41) is 3.51. The van der Waals surface area contributed by atoms with Crippen LogP contribution >= 0.6 is 34.2 Å². The molecule has 1 amide bonds. The molecular weight excluding hydrogens is 379 g/mol. The maximum atomic E-state index is 12.0. The van der Waals surface area contributed by atoms with E-state index in [1.807, 2.05) is 6.07 Å². The van der Waals surface area contributed by atoms with E-state index in [0.717, 1.165) is 36.4 Å². The zero-order valence-electron chi connectivity index (χ0n) is 10.5. The minimum Gasteiger partial charge on any atom is -0.379 e. The molecule has 1 saturated heterocycles. The lowest BCUT2D eigenvalue weighted by molar-refractivity contribution is 0.0383. The number of halogens is 2. The zero-order valence-corrected chi connectivity index (χ0v) is 13.4. The highest BCUT2D eigenvalue weighted by atomic mass is 127. The van der Waals surface area contributed by atoms with Crippen LogP contribution in [0.1, 0.15) is 10.4 Å². The van der Waals surface area contributed by atoms with Crippen molar-refractivity contribution in [1.29, 1.82) is 0 Å². The van der Waals surface area contributed by atoms with Gasteiger partial charge in [-0.3, -0.25) is 9.69 Å². The summed E-state index contributed by atoms with van der Waals surface area (Å²) in [6.45, 7) is 4.92. The van der Waals surface area contributed by atoms with Gasteiger partial charge in [-0.15, -0.1) is 0 Å². The Labute approximate surface area is 131 Å². The van der Waals surface area contributed by atoms with Crippen molar-refractivity contribution in [3.63, 3.8) is 0 Å². The highest BCUT2D eigenvalue weighted by Crippen LogP contribution is 2.17. The van der Waals surface area contributed by atoms with Gasteiger partial charge in [0.1, 0.15) is 0 Å². The first-order chi connectivity index (χ1) is 9.16. The van der Waals surface area contributed by atoms with Gasteiger partial charge in [0.05, 0.1) is 18.8 Å². The summed E-state index contributed by atoms with van der Waals surface area (Å²) in [5.74, 6) is -0.0693. The van der Waals surface area contributed by atoms with Crippen LogP contribution in [0, 0.1) is 3.57 Å². The Balaban J connectivity index is 1.82. The van der Waals surface area contributed by atoms with Crippen molar-refractivity contribution in [2.45, 2.75) is 0 Å². The summed E-state index contributed by atoms with van der Waals surface area (Å²) < 4.78 is 6.19. The molecule has 104 valence electrons. The highest BCUT2D eigenvalue weighted by molar-refractivity contribution is 14.1. The first kappa shape index (κ1) is 15.0. The van der Waals surface area contributed by atoms with E-state index in [9.17, 15) is 4.79 Å². The molecular formula is C13H16ClIN2O2. The van der Waals surface area contributed by atoms with Gasteiger partial charge in [0.15, 0.2) is 0 Å². The molecule has 1 N–H and O–H groups in total. The minimum atomic E-state index is -0.0693. The summed E-state index contributed by atoms with van der Waals surface area (Å²) in [5.41, 5.74) is 0.634. The van der Waals surface area contributed by atoms with Gasteiger partial charge < -0.3 is 10.1 Å². The van der Waals surface area contributed by atoms with E-state index in [1.54, 1.807) is 12.1 Å². The van der Waals surface area contributed by atoms with Gasteiger partial charge in [-0.25, -0.2) is 0 Å². The molecule has 0 aromatic heterocycles. The van der Waals surface area contributed by atoms with Crippen molar-refractivity contribution >= 4 is 40.1 Å². The molecule has 0 aliphatic carbocycles. The van der Waals surface area contributed by atoms with E-state index in [4.69, 9.17) is 16.3 Å². The van der Waals surface area contributed by atoms with E-state index < -0.39 is 0 Å². The van der Waals surface area contributed by atoms with Gasteiger partial charge in [0.2, 0.25) is 0 Å². The molecule has 1 aliphatic heterocycles. The van der Waals surface area contributed by atoms with Crippen LogP contribution in [0.2, 0.25) is 5.02 Å². The van der Waals surface area contributed by atoms with Crippen molar-refractivity contribution in [2.75, 3.05) is 39.4 Å². The first-order valence-electron chi connectivity index (χ1n) is 6.20. The summed E-state index contributed by atoms with van der Waals surface area (Å²) in [7, 11) is 0. The third-order valence-electron chi connectivity index (χ3n) is 2.99. The van der Waals surface area contributed by atoms with Crippen LogP contribution in [0.5, 0.6) is 0 Å². The third-order valence-corrected chi connectivity index (χ3v) is 4.17. The van der Waals surface area contributed by atoms with Crippen molar-refractivity contribution < 1.29 is 9.53 Å². The van der Waals surface area contributed by atoms with Crippen LogP contribution in [-0.4, -0.2) is 50.2 Å². The maximum absolute atomic E-state index is 12.0. The summed E-state index contributed by atoms with van der Waals surface area (Å²) in [6, 6.07) is 5.33. The second-order valence-corrected chi connectivity index (χ2v) is 5.93. The third kappa shape index (κ3) is 4.59. The lowest BCUT2D eigenvalue weighted by Gasteiger charge is -2.26. The molecule has 0 bridgehead atoms. The van der Waals surface area contributed by atoms with E-state index in [2.05, 4.69) is 32.8 Å². The average Bonchev–Trinajstić information content (AvgIpc) is 2.42. The standard InChI is InChI=1S/C13H16ClIN2O2/c14-10-1-2-12(15)11(9-10)13(18)16-3-4-17-5-7-19-8-6-17/h1-2,9H,3-8H2,(H,16,18). The smallest absolute Gasteiger partial charge is 0.252 e.